The molecule has 0 aromatic heterocycles. The van der Waals surface area contributed by atoms with E-state index in [9.17, 15) is 4.79 Å². The van der Waals surface area contributed by atoms with E-state index in [-0.39, 0.29) is 5.31 Å². The van der Waals surface area contributed by atoms with Crippen molar-refractivity contribution in [2.45, 2.75) is 103 Å². The maximum absolute atomic E-state index is 11.0. The third-order valence-electron chi connectivity index (χ3n) is 4.17. The first kappa shape index (κ1) is 19.5. The van der Waals surface area contributed by atoms with E-state index in [0.29, 0.717) is 0 Å². The van der Waals surface area contributed by atoms with Crippen molar-refractivity contribution < 1.29 is 9.90 Å². The summed E-state index contributed by atoms with van der Waals surface area (Å²) in [5.74, 6) is -0.755. The topological polar surface area (TPSA) is 37.3 Å². The molecule has 0 aliphatic heterocycles. The zero-order valence-electron chi connectivity index (χ0n) is 13.9. The Bertz CT molecular complexity index is 227. The zero-order valence-corrected chi connectivity index (χ0v) is 13.9. The molecule has 20 heavy (non-hydrogen) atoms. The quantitative estimate of drug-likeness (QED) is 0.301. The minimum absolute atomic E-state index is 0.107. The second kappa shape index (κ2) is 12.3. The van der Waals surface area contributed by atoms with Gasteiger partial charge >= 0.3 is 0 Å². The molecule has 0 unspecified atom stereocenters. The molecule has 0 atom stereocenters. The van der Waals surface area contributed by atoms with Crippen LogP contribution in [0, 0.1) is 0 Å². The first-order chi connectivity index (χ1) is 9.54. The molecule has 1 radical (unpaired) electrons. The zero-order chi connectivity index (χ0) is 15.3. The fourth-order valence-corrected chi connectivity index (χ4v) is 2.83. The third kappa shape index (κ3) is 11.4. The first-order valence-corrected chi connectivity index (χ1v) is 8.63. The smallest absolute Gasteiger partial charge is 0.267 e. The van der Waals surface area contributed by atoms with Gasteiger partial charge in [-0.15, -0.1) is 0 Å². The van der Waals surface area contributed by atoms with Crippen molar-refractivity contribution in [3.05, 3.63) is 0 Å². The van der Waals surface area contributed by atoms with Crippen molar-refractivity contribution in [2.24, 2.45) is 0 Å². The number of carboxylic acid groups (broad SMARTS) is 1. The predicted molar refractivity (Wildman–Crippen MR) is 88.9 cm³/mol. The summed E-state index contributed by atoms with van der Waals surface area (Å²) < 4.78 is 0. The molecule has 0 bridgehead atoms. The van der Waals surface area contributed by atoms with Crippen molar-refractivity contribution in [1.29, 1.82) is 0 Å². The molecule has 0 aliphatic carbocycles. The van der Waals surface area contributed by atoms with Crippen molar-refractivity contribution in [3.8, 4) is 0 Å². The normalized spacial score (nSPS) is 11.6. The van der Waals surface area contributed by atoms with E-state index in [0.717, 1.165) is 25.7 Å². The Morgan fingerprint density at radius 1 is 0.850 bits per heavy atom. The van der Waals surface area contributed by atoms with Gasteiger partial charge in [0.1, 0.15) is 0 Å². The summed E-state index contributed by atoms with van der Waals surface area (Å²) in [7, 11) is 1.55. The molecule has 0 spiro atoms. The lowest BCUT2D eigenvalue weighted by atomic mass is 9.49. The molecule has 0 saturated carbocycles. The summed E-state index contributed by atoms with van der Waals surface area (Å²) in [4.78, 5) is 11.0. The number of hydrogen-bond acceptors (Lipinski definition) is 1. The highest BCUT2D eigenvalue weighted by Crippen LogP contribution is 2.37. The van der Waals surface area contributed by atoms with Crippen LogP contribution < -0.4 is 0 Å². The van der Waals surface area contributed by atoms with Crippen molar-refractivity contribution in [1.82, 2.24) is 0 Å². The lowest BCUT2D eigenvalue weighted by Gasteiger charge is -2.27. The average Bonchev–Trinajstić information content (AvgIpc) is 2.37. The Hall–Kier alpha value is -0.465. The molecule has 0 aliphatic rings. The van der Waals surface area contributed by atoms with Crippen LogP contribution in [0.4, 0.5) is 4.79 Å². The van der Waals surface area contributed by atoms with Gasteiger partial charge in [-0.05, 0) is 5.31 Å². The summed E-state index contributed by atoms with van der Waals surface area (Å²) in [5, 5.41) is 8.97. The van der Waals surface area contributed by atoms with Gasteiger partial charge in [0, 0.05) is 0 Å². The Morgan fingerprint density at radius 2 is 1.25 bits per heavy atom. The first-order valence-electron chi connectivity index (χ1n) is 8.63. The van der Waals surface area contributed by atoms with Crippen LogP contribution in [0.25, 0.3) is 0 Å². The minimum Gasteiger partial charge on any atom is -0.490 e. The molecule has 0 aromatic carbocycles. The summed E-state index contributed by atoms with van der Waals surface area (Å²) in [5.41, 5.74) is 0. The van der Waals surface area contributed by atoms with Crippen LogP contribution >= 0.6 is 0 Å². The molecule has 0 amide bonds. The van der Waals surface area contributed by atoms with E-state index >= 15 is 0 Å². The molecule has 0 saturated heterocycles. The van der Waals surface area contributed by atoms with Crippen LogP contribution in [-0.2, 0) is 0 Å². The van der Waals surface area contributed by atoms with Crippen LogP contribution in [0.5, 0.6) is 0 Å². The lowest BCUT2D eigenvalue weighted by molar-refractivity contribution is 0.218. The van der Waals surface area contributed by atoms with Crippen LogP contribution in [0.15, 0.2) is 0 Å². The Kier molecular flexibility index (Phi) is 12.0. The molecule has 0 heterocycles. The largest absolute Gasteiger partial charge is 0.490 e. The van der Waals surface area contributed by atoms with Crippen molar-refractivity contribution >= 4 is 13.1 Å². The molecule has 0 fully saturated rings. The maximum atomic E-state index is 11.0. The highest BCUT2D eigenvalue weighted by Gasteiger charge is 2.28. The van der Waals surface area contributed by atoms with Crippen LogP contribution in [0.1, 0.15) is 97.8 Å². The fraction of sp³-hybridized carbons (Fsp3) is 0.941. The van der Waals surface area contributed by atoms with Crippen LogP contribution in [0.3, 0.4) is 0 Å². The number of rotatable bonds is 14. The van der Waals surface area contributed by atoms with E-state index in [2.05, 4.69) is 20.8 Å². The van der Waals surface area contributed by atoms with Gasteiger partial charge in [0.15, 0.2) is 0 Å². The van der Waals surface area contributed by atoms with Gasteiger partial charge in [-0.2, -0.15) is 0 Å². The highest BCUT2D eigenvalue weighted by atomic mass is 16.4. The molecule has 117 valence electrons. The third-order valence-corrected chi connectivity index (χ3v) is 4.17. The van der Waals surface area contributed by atoms with E-state index in [1.54, 1.807) is 7.28 Å². The second-order valence-electron chi connectivity index (χ2n) is 6.47. The van der Waals surface area contributed by atoms with Crippen molar-refractivity contribution in [3.63, 3.8) is 0 Å². The Balaban J connectivity index is 3.98. The van der Waals surface area contributed by atoms with Crippen LogP contribution in [0.2, 0.25) is 5.31 Å². The van der Waals surface area contributed by atoms with Crippen LogP contribution in [-0.4, -0.2) is 18.3 Å². The summed E-state index contributed by atoms with van der Waals surface area (Å²) >= 11 is 0. The Labute approximate surface area is 127 Å². The lowest BCUT2D eigenvalue weighted by Crippen LogP contribution is -2.23. The molecular weight excluding hydrogens is 247 g/mol. The highest BCUT2D eigenvalue weighted by molar-refractivity contribution is 6.73. The number of carbonyl (C=O) groups is 1. The van der Waals surface area contributed by atoms with Gasteiger partial charge in [-0.25, -0.2) is 0 Å². The van der Waals surface area contributed by atoms with E-state index in [4.69, 9.17) is 5.11 Å². The predicted octanol–water partition coefficient (Wildman–Crippen LogP) is 6.27. The molecule has 3 heteroatoms. The molecule has 2 nitrogen and oxygen atoms in total. The SMILES string of the molecule is CCCCCCCC(C)([B]C(=O)O)CCCCCCC. The van der Waals surface area contributed by atoms with Gasteiger partial charge < -0.3 is 5.11 Å². The fourth-order valence-electron chi connectivity index (χ4n) is 2.83. The van der Waals surface area contributed by atoms with E-state index in [1.807, 2.05) is 0 Å². The minimum atomic E-state index is -0.755. The number of unbranched alkanes of at least 4 members (excludes halogenated alkanes) is 8. The standard InChI is InChI=1S/C17H34BO2/c1-4-6-8-10-12-14-17(3,18-16(19)20)15-13-11-9-7-5-2/h4-15H2,1-3H3,(H,19,20). The summed E-state index contributed by atoms with van der Waals surface area (Å²) in [6, 6.07) is 0. The molecular formula is C17H34BO2. The maximum Gasteiger partial charge on any atom is 0.267 e. The monoisotopic (exact) mass is 281 g/mol. The van der Waals surface area contributed by atoms with Gasteiger partial charge in [-0.3, -0.25) is 4.79 Å². The summed E-state index contributed by atoms with van der Waals surface area (Å²) in [6.45, 7) is 6.57. The Morgan fingerprint density at radius 3 is 1.60 bits per heavy atom. The molecule has 0 rings (SSSR count). The second-order valence-corrected chi connectivity index (χ2v) is 6.47. The van der Waals surface area contributed by atoms with Gasteiger partial charge in [0.05, 0.1) is 0 Å². The van der Waals surface area contributed by atoms with E-state index in [1.165, 1.54) is 51.4 Å². The average molecular weight is 281 g/mol. The summed E-state index contributed by atoms with van der Waals surface area (Å²) in [6.07, 6.45) is 14.6. The number of hydrogen-bond donors (Lipinski definition) is 1. The van der Waals surface area contributed by atoms with Crippen molar-refractivity contribution in [2.75, 3.05) is 0 Å². The molecule has 0 aromatic rings. The van der Waals surface area contributed by atoms with E-state index < -0.39 is 5.87 Å². The molecule has 1 N–H and O–H groups in total. The van der Waals surface area contributed by atoms with Gasteiger partial charge in [0.25, 0.3) is 7.28 Å². The van der Waals surface area contributed by atoms with Gasteiger partial charge in [-0.1, -0.05) is 97.8 Å². The van der Waals surface area contributed by atoms with Gasteiger partial charge in [0.2, 0.25) is 5.87 Å².